The summed E-state index contributed by atoms with van der Waals surface area (Å²) in [5, 5.41) is 11.6. The molecule has 3 rings (SSSR count). The van der Waals surface area contributed by atoms with Crippen LogP contribution in [-0.4, -0.2) is 20.0 Å². The Hall–Kier alpha value is -2.00. The number of aromatic nitrogens is 4. The van der Waals surface area contributed by atoms with Crippen LogP contribution in [-0.2, 0) is 19.0 Å². The minimum atomic E-state index is -4.60. The van der Waals surface area contributed by atoms with Crippen LogP contribution in [0.25, 0.3) is 11.5 Å². The van der Waals surface area contributed by atoms with E-state index in [0.29, 0.717) is 10.8 Å². The maximum Gasteiger partial charge on any atom is 0.435 e. The first kappa shape index (κ1) is 16.8. The van der Waals surface area contributed by atoms with Gasteiger partial charge in [-0.2, -0.15) is 18.3 Å². The van der Waals surface area contributed by atoms with E-state index in [9.17, 15) is 13.2 Å². The van der Waals surface area contributed by atoms with Crippen LogP contribution in [0, 0.1) is 0 Å². The molecule has 0 bridgehead atoms. The second-order valence-electron chi connectivity index (χ2n) is 4.85. The molecule has 0 radical (unpaired) electrons. The molecule has 24 heavy (non-hydrogen) atoms. The number of hydrogen-bond donors (Lipinski definition) is 0. The maximum atomic E-state index is 13.0. The van der Waals surface area contributed by atoms with Gasteiger partial charge in [0.25, 0.3) is 11.1 Å². The van der Waals surface area contributed by atoms with Crippen LogP contribution in [0.3, 0.4) is 0 Å². The van der Waals surface area contributed by atoms with Crippen LogP contribution in [0.15, 0.2) is 40.1 Å². The Morgan fingerprint density at radius 1 is 1.29 bits per heavy atom. The third kappa shape index (κ3) is 3.73. The van der Waals surface area contributed by atoms with Crippen molar-refractivity contribution in [3.63, 3.8) is 0 Å². The minimum absolute atomic E-state index is 0.168. The number of halogens is 4. The van der Waals surface area contributed by atoms with Gasteiger partial charge in [-0.15, -0.1) is 10.2 Å². The van der Waals surface area contributed by atoms with Crippen LogP contribution in [0.5, 0.6) is 0 Å². The van der Waals surface area contributed by atoms with Crippen molar-refractivity contribution in [3.05, 3.63) is 46.7 Å². The second kappa shape index (κ2) is 6.48. The average molecular weight is 375 g/mol. The summed E-state index contributed by atoms with van der Waals surface area (Å²) in [6, 6.07) is 7.22. The van der Waals surface area contributed by atoms with Crippen LogP contribution in [0.4, 0.5) is 13.2 Å². The van der Waals surface area contributed by atoms with Gasteiger partial charge in [0.2, 0.25) is 0 Å². The van der Waals surface area contributed by atoms with Gasteiger partial charge >= 0.3 is 6.18 Å². The fourth-order valence-electron chi connectivity index (χ4n) is 2.00. The zero-order valence-electron chi connectivity index (χ0n) is 12.2. The molecule has 0 aliphatic rings. The highest BCUT2D eigenvalue weighted by Crippen LogP contribution is 2.36. The highest BCUT2D eigenvalue weighted by molar-refractivity contribution is 7.98. The van der Waals surface area contributed by atoms with Gasteiger partial charge in [0.15, 0.2) is 5.69 Å². The van der Waals surface area contributed by atoms with Crippen molar-refractivity contribution < 1.29 is 17.6 Å². The molecular weight excluding hydrogens is 365 g/mol. The van der Waals surface area contributed by atoms with Crippen LogP contribution >= 0.6 is 23.4 Å². The van der Waals surface area contributed by atoms with Gasteiger partial charge in [0.1, 0.15) is 0 Å². The van der Waals surface area contributed by atoms with Crippen LogP contribution < -0.4 is 0 Å². The fraction of sp³-hybridized carbons (Fsp3) is 0.214. The van der Waals surface area contributed by atoms with Gasteiger partial charge in [0, 0.05) is 24.0 Å². The molecular formula is C14H10ClF3N4OS. The Labute approximate surface area is 143 Å². The third-order valence-corrected chi connectivity index (χ3v) is 4.11. The zero-order chi connectivity index (χ0) is 17.3. The molecule has 0 aliphatic carbocycles. The number of thioether (sulfide) groups is 1. The molecule has 3 aromatic rings. The Bertz CT molecular complexity index is 862. The van der Waals surface area contributed by atoms with E-state index in [2.05, 4.69) is 15.3 Å². The lowest BCUT2D eigenvalue weighted by molar-refractivity contribution is -0.141. The first-order valence-electron chi connectivity index (χ1n) is 6.65. The third-order valence-electron chi connectivity index (χ3n) is 2.99. The predicted octanol–water partition coefficient (Wildman–Crippen LogP) is 4.43. The van der Waals surface area contributed by atoms with Gasteiger partial charge < -0.3 is 4.42 Å². The van der Waals surface area contributed by atoms with Gasteiger partial charge in [-0.25, -0.2) is 0 Å². The average Bonchev–Trinajstić information content (AvgIpc) is 3.11. The summed E-state index contributed by atoms with van der Waals surface area (Å²) < 4.78 is 45.3. The Morgan fingerprint density at radius 2 is 2.08 bits per heavy atom. The zero-order valence-corrected chi connectivity index (χ0v) is 13.8. The molecule has 5 nitrogen and oxygen atoms in total. The number of aryl methyl sites for hydroxylation is 1. The lowest BCUT2D eigenvalue weighted by atomic mass is 10.2. The SMILES string of the molecule is Cn1cc(-c2nnc(SCc3cccc(Cl)c3)o2)c(C(F)(F)F)n1. The summed E-state index contributed by atoms with van der Waals surface area (Å²) in [7, 11) is 1.39. The van der Waals surface area contributed by atoms with Crippen molar-refractivity contribution in [2.75, 3.05) is 0 Å². The molecule has 0 fully saturated rings. The van der Waals surface area contributed by atoms with Gasteiger partial charge in [-0.3, -0.25) is 4.68 Å². The standard InChI is InChI=1S/C14H10ClF3N4OS/c1-22-6-10(11(21-22)14(16,17)18)12-19-20-13(23-12)24-7-8-3-2-4-9(15)5-8/h2-6H,7H2,1H3. The quantitative estimate of drug-likeness (QED) is 0.632. The van der Waals surface area contributed by atoms with E-state index in [1.165, 1.54) is 25.0 Å². The molecule has 0 N–H and O–H groups in total. The number of nitrogens with zero attached hydrogens (tertiary/aromatic N) is 4. The molecule has 0 aliphatic heterocycles. The summed E-state index contributed by atoms with van der Waals surface area (Å²) in [4.78, 5) is 0. The highest BCUT2D eigenvalue weighted by atomic mass is 35.5. The van der Waals surface area contributed by atoms with Crippen LogP contribution in [0.1, 0.15) is 11.3 Å². The molecule has 0 atom stereocenters. The summed E-state index contributed by atoms with van der Waals surface area (Å²) >= 11 is 7.11. The molecule has 0 spiro atoms. The van der Waals surface area contributed by atoms with Crippen molar-refractivity contribution in [1.29, 1.82) is 0 Å². The number of hydrogen-bond acceptors (Lipinski definition) is 5. The molecule has 0 unspecified atom stereocenters. The van der Waals surface area contributed by atoms with Crippen LogP contribution in [0.2, 0.25) is 5.02 Å². The fourth-order valence-corrected chi connectivity index (χ4v) is 2.92. The molecule has 0 saturated carbocycles. The second-order valence-corrected chi connectivity index (χ2v) is 6.22. The van der Waals surface area contributed by atoms with E-state index in [0.717, 1.165) is 10.2 Å². The topological polar surface area (TPSA) is 56.7 Å². The number of benzene rings is 1. The van der Waals surface area contributed by atoms with E-state index in [1.54, 1.807) is 12.1 Å². The normalized spacial score (nSPS) is 11.9. The van der Waals surface area contributed by atoms with Crippen molar-refractivity contribution in [1.82, 2.24) is 20.0 Å². The van der Waals surface area contributed by atoms with Gasteiger partial charge in [-0.05, 0) is 17.7 Å². The smallest absolute Gasteiger partial charge is 0.411 e. The molecule has 0 amide bonds. The summed E-state index contributed by atoms with van der Waals surface area (Å²) in [5.41, 5.74) is -0.364. The van der Waals surface area contributed by atoms with Crippen molar-refractivity contribution in [3.8, 4) is 11.5 Å². The van der Waals surface area contributed by atoms with Crippen molar-refractivity contribution in [2.45, 2.75) is 17.2 Å². The molecule has 0 saturated heterocycles. The number of rotatable bonds is 4. The van der Waals surface area contributed by atoms with E-state index in [1.807, 2.05) is 12.1 Å². The van der Waals surface area contributed by atoms with E-state index in [-0.39, 0.29) is 16.7 Å². The van der Waals surface area contributed by atoms with E-state index in [4.69, 9.17) is 16.0 Å². The monoisotopic (exact) mass is 374 g/mol. The minimum Gasteiger partial charge on any atom is -0.411 e. The largest absolute Gasteiger partial charge is 0.435 e. The first-order chi connectivity index (χ1) is 11.3. The lowest BCUT2D eigenvalue weighted by Gasteiger charge is -2.02. The van der Waals surface area contributed by atoms with Gasteiger partial charge in [-0.1, -0.05) is 35.5 Å². The molecule has 1 aromatic carbocycles. The predicted molar refractivity (Wildman–Crippen MR) is 82.5 cm³/mol. The van der Waals surface area contributed by atoms with E-state index < -0.39 is 11.9 Å². The van der Waals surface area contributed by atoms with E-state index >= 15 is 0 Å². The molecule has 2 aromatic heterocycles. The summed E-state index contributed by atoms with van der Waals surface area (Å²) in [5.74, 6) is 0.283. The molecule has 2 heterocycles. The van der Waals surface area contributed by atoms with Crippen molar-refractivity contribution >= 4 is 23.4 Å². The van der Waals surface area contributed by atoms with Gasteiger partial charge in [0.05, 0.1) is 5.56 Å². The Kier molecular flexibility index (Phi) is 4.55. The Morgan fingerprint density at radius 3 is 2.79 bits per heavy atom. The summed E-state index contributed by atoms with van der Waals surface area (Å²) in [6.45, 7) is 0. The first-order valence-corrected chi connectivity index (χ1v) is 8.01. The summed E-state index contributed by atoms with van der Waals surface area (Å²) in [6.07, 6.45) is -3.40. The lowest BCUT2D eigenvalue weighted by Crippen LogP contribution is -2.08. The maximum absolute atomic E-state index is 13.0. The highest BCUT2D eigenvalue weighted by Gasteiger charge is 2.38. The van der Waals surface area contributed by atoms with Crippen molar-refractivity contribution in [2.24, 2.45) is 7.05 Å². The molecule has 126 valence electrons. The Balaban J connectivity index is 1.79. The molecule has 10 heteroatoms. The number of alkyl halides is 3.